The molecule has 0 radical (unpaired) electrons. The fraction of sp³-hybridized carbons (Fsp3) is 0.222. The van der Waals surface area contributed by atoms with Crippen molar-refractivity contribution in [1.29, 1.82) is 0 Å². The number of methoxy groups -OCH3 is 4. The maximum atomic E-state index is 5.36. The molecule has 0 atom stereocenters. The van der Waals surface area contributed by atoms with Crippen LogP contribution in [0.5, 0.6) is 23.0 Å². The van der Waals surface area contributed by atoms with Crippen molar-refractivity contribution in [3.8, 4) is 23.0 Å². The first-order chi connectivity index (χ1) is 11.1. The lowest BCUT2D eigenvalue weighted by Gasteiger charge is -2.12. The predicted octanol–water partition coefficient (Wildman–Crippen LogP) is 4.65. The zero-order chi connectivity index (χ0) is 16.8. The van der Waals surface area contributed by atoms with Crippen molar-refractivity contribution in [2.24, 2.45) is 0 Å². The van der Waals surface area contributed by atoms with Gasteiger partial charge in [-0.15, -0.1) is 0 Å². The molecule has 0 N–H and O–H groups in total. The van der Waals surface area contributed by atoms with Gasteiger partial charge >= 0.3 is 0 Å². The summed E-state index contributed by atoms with van der Waals surface area (Å²) in [7, 11) is 6.44. The standard InChI is InChI=1S/C18H19BrO4/c1-20-15-8-7-12(9-14(15)19)5-6-13-10-16(21-2)18(23-4)17(11-13)22-3/h5-11H,1-4H3/b6-5-. The van der Waals surface area contributed by atoms with Crippen molar-refractivity contribution in [3.63, 3.8) is 0 Å². The first-order valence-electron chi connectivity index (χ1n) is 6.94. The normalized spacial score (nSPS) is 10.7. The van der Waals surface area contributed by atoms with Gasteiger partial charge in [-0.2, -0.15) is 0 Å². The van der Waals surface area contributed by atoms with E-state index in [0.717, 1.165) is 21.3 Å². The maximum Gasteiger partial charge on any atom is 0.203 e. The Labute approximate surface area is 144 Å². The summed E-state index contributed by atoms with van der Waals surface area (Å²) in [5.74, 6) is 2.64. The molecule has 0 saturated heterocycles. The van der Waals surface area contributed by atoms with E-state index in [1.807, 2.05) is 42.5 Å². The molecule has 0 spiro atoms. The topological polar surface area (TPSA) is 36.9 Å². The molecule has 5 heteroatoms. The zero-order valence-corrected chi connectivity index (χ0v) is 15.1. The van der Waals surface area contributed by atoms with Crippen LogP contribution in [0.15, 0.2) is 34.8 Å². The number of ether oxygens (including phenoxy) is 4. The van der Waals surface area contributed by atoms with Gasteiger partial charge in [0.25, 0.3) is 0 Å². The van der Waals surface area contributed by atoms with Gasteiger partial charge in [0.2, 0.25) is 5.75 Å². The van der Waals surface area contributed by atoms with Crippen LogP contribution in [0.2, 0.25) is 0 Å². The zero-order valence-electron chi connectivity index (χ0n) is 13.6. The summed E-state index contributed by atoms with van der Waals surface area (Å²) in [6, 6.07) is 9.69. The molecule has 4 nitrogen and oxygen atoms in total. The fourth-order valence-electron chi connectivity index (χ4n) is 2.18. The highest BCUT2D eigenvalue weighted by molar-refractivity contribution is 9.10. The van der Waals surface area contributed by atoms with E-state index in [4.69, 9.17) is 18.9 Å². The molecule has 0 bridgehead atoms. The second-order valence-corrected chi connectivity index (χ2v) is 5.54. The lowest BCUT2D eigenvalue weighted by Crippen LogP contribution is -1.95. The van der Waals surface area contributed by atoms with Crippen LogP contribution in [-0.2, 0) is 0 Å². The van der Waals surface area contributed by atoms with Gasteiger partial charge in [-0.05, 0) is 51.3 Å². The van der Waals surface area contributed by atoms with Crippen LogP contribution >= 0.6 is 15.9 Å². The van der Waals surface area contributed by atoms with Crippen LogP contribution in [-0.4, -0.2) is 28.4 Å². The Bertz CT molecular complexity index is 685. The molecule has 0 heterocycles. The van der Waals surface area contributed by atoms with E-state index < -0.39 is 0 Å². The van der Waals surface area contributed by atoms with Crippen molar-refractivity contribution in [2.75, 3.05) is 28.4 Å². The first-order valence-corrected chi connectivity index (χ1v) is 7.73. The first kappa shape index (κ1) is 17.2. The van der Waals surface area contributed by atoms with Crippen LogP contribution in [0, 0.1) is 0 Å². The molecule has 2 rings (SSSR count). The molecule has 2 aromatic rings. The van der Waals surface area contributed by atoms with E-state index in [-0.39, 0.29) is 0 Å². The molecule has 0 aliphatic rings. The number of halogens is 1. The third-order valence-corrected chi connectivity index (χ3v) is 3.95. The van der Waals surface area contributed by atoms with Crippen LogP contribution < -0.4 is 18.9 Å². The summed E-state index contributed by atoms with van der Waals surface area (Å²) in [6.07, 6.45) is 3.99. The Hall–Kier alpha value is -2.14. The van der Waals surface area contributed by atoms with Crippen LogP contribution in [0.1, 0.15) is 11.1 Å². The minimum Gasteiger partial charge on any atom is -0.496 e. The van der Waals surface area contributed by atoms with Gasteiger partial charge < -0.3 is 18.9 Å². The summed E-state index contributed by atoms with van der Waals surface area (Å²) in [4.78, 5) is 0. The smallest absolute Gasteiger partial charge is 0.203 e. The van der Waals surface area contributed by atoms with Crippen molar-refractivity contribution < 1.29 is 18.9 Å². The fourth-order valence-corrected chi connectivity index (χ4v) is 2.73. The van der Waals surface area contributed by atoms with E-state index >= 15 is 0 Å². The van der Waals surface area contributed by atoms with E-state index in [9.17, 15) is 0 Å². The molecule has 0 unspecified atom stereocenters. The number of hydrogen-bond donors (Lipinski definition) is 0. The molecular formula is C18H19BrO4. The van der Waals surface area contributed by atoms with Crippen LogP contribution in [0.25, 0.3) is 12.2 Å². The SMILES string of the molecule is COc1ccc(/C=C\c2cc(OC)c(OC)c(OC)c2)cc1Br. The van der Waals surface area contributed by atoms with E-state index in [2.05, 4.69) is 15.9 Å². The summed E-state index contributed by atoms with van der Waals surface area (Å²) in [5, 5.41) is 0. The Balaban J connectivity index is 2.34. The molecular weight excluding hydrogens is 360 g/mol. The molecule has 0 saturated carbocycles. The lowest BCUT2D eigenvalue weighted by atomic mass is 10.1. The molecule has 2 aromatic carbocycles. The Morgan fingerprint density at radius 3 is 1.74 bits per heavy atom. The van der Waals surface area contributed by atoms with Gasteiger partial charge in [-0.25, -0.2) is 0 Å². The van der Waals surface area contributed by atoms with Crippen molar-refractivity contribution in [3.05, 3.63) is 45.9 Å². The predicted molar refractivity (Wildman–Crippen MR) is 95.7 cm³/mol. The largest absolute Gasteiger partial charge is 0.496 e. The molecule has 122 valence electrons. The van der Waals surface area contributed by atoms with Crippen molar-refractivity contribution in [1.82, 2.24) is 0 Å². The van der Waals surface area contributed by atoms with Gasteiger partial charge in [0.15, 0.2) is 11.5 Å². The maximum absolute atomic E-state index is 5.36. The minimum atomic E-state index is 0.583. The lowest BCUT2D eigenvalue weighted by molar-refractivity contribution is 0.324. The minimum absolute atomic E-state index is 0.583. The highest BCUT2D eigenvalue weighted by Crippen LogP contribution is 2.38. The highest BCUT2D eigenvalue weighted by atomic mass is 79.9. The van der Waals surface area contributed by atoms with E-state index in [1.165, 1.54) is 0 Å². The summed E-state index contributed by atoms with van der Waals surface area (Å²) < 4.78 is 22.2. The third-order valence-electron chi connectivity index (χ3n) is 3.33. The third kappa shape index (κ3) is 3.99. The van der Waals surface area contributed by atoms with Gasteiger partial charge in [0, 0.05) is 0 Å². The molecule has 0 fully saturated rings. The van der Waals surface area contributed by atoms with E-state index in [1.54, 1.807) is 28.4 Å². The summed E-state index contributed by atoms with van der Waals surface area (Å²) >= 11 is 3.48. The van der Waals surface area contributed by atoms with Gasteiger partial charge in [0.1, 0.15) is 5.75 Å². The Kier molecular flexibility index (Phi) is 5.93. The Morgan fingerprint density at radius 1 is 0.696 bits per heavy atom. The molecule has 23 heavy (non-hydrogen) atoms. The average molecular weight is 379 g/mol. The monoisotopic (exact) mass is 378 g/mol. The average Bonchev–Trinajstić information content (AvgIpc) is 2.58. The second kappa shape index (κ2) is 7.92. The van der Waals surface area contributed by atoms with Crippen LogP contribution in [0.4, 0.5) is 0 Å². The molecule has 0 amide bonds. The Morgan fingerprint density at radius 2 is 1.26 bits per heavy atom. The summed E-state index contributed by atoms with van der Waals surface area (Å²) in [6.45, 7) is 0. The summed E-state index contributed by atoms with van der Waals surface area (Å²) in [5.41, 5.74) is 2.00. The quantitative estimate of drug-likeness (QED) is 0.685. The van der Waals surface area contributed by atoms with E-state index in [0.29, 0.717) is 17.2 Å². The second-order valence-electron chi connectivity index (χ2n) is 4.69. The van der Waals surface area contributed by atoms with Crippen LogP contribution in [0.3, 0.4) is 0 Å². The number of hydrogen-bond acceptors (Lipinski definition) is 4. The highest BCUT2D eigenvalue weighted by Gasteiger charge is 2.11. The van der Waals surface area contributed by atoms with Crippen molar-refractivity contribution >= 4 is 28.1 Å². The van der Waals surface area contributed by atoms with Gasteiger partial charge in [-0.3, -0.25) is 0 Å². The number of benzene rings is 2. The number of rotatable bonds is 6. The molecule has 0 aromatic heterocycles. The molecule has 0 aliphatic carbocycles. The van der Waals surface area contributed by atoms with Crippen molar-refractivity contribution in [2.45, 2.75) is 0 Å². The van der Waals surface area contributed by atoms with Gasteiger partial charge in [0.05, 0.1) is 32.9 Å². The van der Waals surface area contributed by atoms with Gasteiger partial charge in [-0.1, -0.05) is 18.2 Å². The molecule has 0 aliphatic heterocycles.